The standard InChI is InChI=1S/C14H27NO/c1-12(2)11-15-8-4-6-13(3)10-14-7-5-9-16-14/h6,12,14-15H,4-5,7-11H2,1-3H3. The molecule has 0 aromatic heterocycles. The molecule has 16 heavy (non-hydrogen) atoms. The van der Waals surface area contributed by atoms with E-state index in [0.29, 0.717) is 6.10 Å². The van der Waals surface area contributed by atoms with Crippen molar-refractivity contribution >= 4 is 0 Å². The molecular weight excluding hydrogens is 198 g/mol. The van der Waals surface area contributed by atoms with Gasteiger partial charge >= 0.3 is 0 Å². The number of nitrogens with one attached hydrogen (secondary N) is 1. The van der Waals surface area contributed by atoms with Gasteiger partial charge in [0.2, 0.25) is 0 Å². The first kappa shape index (κ1) is 13.7. The van der Waals surface area contributed by atoms with Crippen molar-refractivity contribution in [2.24, 2.45) is 5.92 Å². The predicted molar refractivity (Wildman–Crippen MR) is 69.7 cm³/mol. The van der Waals surface area contributed by atoms with Gasteiger partial charge < -0.3 is 10.1 Å². The van der Waals surface area contributed by atoms with Gasteiger partial charge in [-0.05, 0) is 51.6 Å². The molecule has 0 aromatic carbocycles. The molecule has 1 aliphatic heterocycles. The molecule has 0 aromatic rings. The van der Waals surface area contributed by atoms with Gasteiger partial charge in [0.05, 0.1) is 6.10 Å². The fourth-order valence-corrected chi connectivity index (χ4v) is 2.06. The summed E-state index contributed by atoms with van der Waals surface area (Å²) in [6, 6.07) is 0. The molecule has 0 amide bonds. The van der Waals surface area contributed by atoms with Crippen molar-refractivity contribution in [1.29, 1.82) is 0 Å². The molecule has 94 valence electrons. The molecule has 0 bridgehead atoms. The van der Waals surface area contributed by atoms with Crippen molar-refractivity contribution < 1.29 is 4.74 Å². The van der Waals surface area contributed by atoms with E-state index in [1.165, 1.54) is 18.4 Å². The van der Waals surface area contributed by atoms with Gasteiger partial charge in [0.15, 0.2) is 0 Å². The smallest absolute Gasteiger partial charge is 0.0612 e. The van der Waals surface area contributed by atoms with Crippen LogP contribution < -0.4 is 5.32 Å². The van der Waals surface area contributed by atoms with Crippen LogP contribution in [-0.2, 0) is 4.74 Å². The average molecular weight is 225 g/mol. The zero-order valence-corrected chi connectivity index (χ0v) is 11.1. The highest BCUT2D eigenvalue weighted by molar-refractivity contribution is 5.00. The monoisotopic (exact) mass is 225 g/mol. The average Bonchev–Trinajstić information content (AvgIpc) is 2.69. The van der Waals surface area contributed by atoms with Crippen LogP contribution in [0.4, 0.5) is 0 Å². The van der Waals surface area contributed by atoms with E-state index in [1.807, 2.05) is 0 Å². The van der Waals surface area contributed by atoms with E-state index >= 15 is 0 Å². The molecular formula is C14H27NO. The third-order valence-electron chi connectivity index (χ3n) is 2.94. The molecule has 2 nitrogen and oxygen atoms in total. The summed E-state index contributed by atoms with van der Waals surface area (Å²) in [7, 11) is 0. The Balaban J connectivity index is 2.04. The van der Waals surface area contributed by atoms with Crippen molar-refractivity contribution in [2.75, 3.05) is 19.7 Å². The van der Waals surface area contributed by atoms with Gasteiger partial charge in [0.25, 0.3) is 0 Å². The number of hydrogen-bond donors (Lipinski definition) is 1. The highest BCUT2D eigenvalue weighted by Gasteiger charge is 2.15. The minimum absolute atomic E-state index is 0.500. The normalized spacial score (nSPS) is 22.0. The van der Waals surface area contributed by atoms with E-state index in [9.17, 15) is 0 Å². The molecule has 1 aliphatic rings. The van der Waals surface area contributed by atoms with E-state index in [4.69, 9.17) is 4.74 Å². The third-order valence-corrected chi connectivity index (χ3v) is 2.94. The minimum atomic E-state index is 0.500. The second-order valence-electron chi connectivity index (χ2n) is 5.28. The predicted octanol–water partition coefficient (Wildman–Crippen LogP) is 3.14. The Morgan fingerprint density at radius 3 is 2.94 bits per heavy atom. The second-order valence-corrected chi connectivity index (χ2v) is 5.28. The summed E-state index contributed by atoms with van der Waals surface area (Å²) in [5.41, 5.74) is 1.48. The molecule has 1 unspecified atom stereocenters. The lowest BCUT2D eigenvalue weighted by Gasteiger charge is -2.09. The van der Waals surface area contributed by atoms with Crippen LogP contribution in [0.25, 0.3) is 0 Å². The molecule has 1 fully saturated rings. The maximum absolute atomic E-state index is 5.63. The molecule has 0 aliphatic carbocycles. The van der Waals surface area contributed by atoms with Crippen LogP contribution >= 0.6 is 0 Å². The van der Waals surface area contributed by atoms with Crippen LogP contribution in [0.2, 0.25) is 0 Å². The molecule has 0 radical (unpaired) electrons. The van der Waals surface area contributed by atoms with Crippen LogP contribution in [-0.4, -0.2) is 25.8 Å². The van der Waals surface area contributed by atoms with Crippen molar-refractivity contribution in [3.05, 3.63) is 11.6 Å². The first-order valence-corrected chi connectivity index (χ1v) is 6.66. The van der Waals surface area contributed by atoms with Gasteiger partial charge in [0.1, 0.15) is 0 Å². The highest BCUT2D eigenvalue weighted by atomic mass is 16.5. The van der Waals surface area contributed by atoms with Crippen molar-refractivity contribution in [2.45, 2.75) is 52.6 Å². The lowest BCUT2D eigenvalue weighted by molar-refractivity contribution is 0.111. The SMILES string of the molecule is CC(=CCCNCC(C)C)CC1CCCO1. The second kappa shape index (κ2) is 7.86. The molecule has 0 spiro atoms. The first-order valence-electron chi connectivity index (χ1n) is 6.66. The molecule has 0 saturated carbocycles. The Morgan fingerprint density at radius 1 is 1.50 bits per heavy atom. The van der Waals surface area contributed by atoms with Crippen LogP contribution in [0.5, 0.6) is 0 Å². The maximum Gasteiger partial charge on any atom is 0.0612 e. The number of hydrogen-bond acceptors (Lipinski definition) is 2. The van der Waals surface area contributed by atoms with Gasteiger partial charge in [-0.25, -0.2) is 0 Å². The Labute approximate surface area is 100 Å². The molecule has 1 rings (SSSR count). The topological polar surface area (TPSA) is 21.3 Å². The fraction of sp³-hybridized carbons (Fsp3) is 0.857. The van der Waals surface area contributed by atoms with E-state index in [0.717, 1.165) is 38.5 Å². The molecule has 1 saturated heterocycles. The van der Waals surface area contributed by atoms with E-state index < -0.39 is 0 Å². The summed E-state index contributed by atoms with van der Waals surface area (Å²) in [4.78, 5) is 0. The lowest BCUT2D eigenvalue weighted by atomic mass is 10.1. The summed E-state index contributed by atoms with van der Waals surface area (Å²) in [6.45, 7) is 9.90. The molecule has 2 heteroatoms. The van der Waals surface area contributed by atoms with Gasteiger partial charge in [-0.2, -0.15) is 0 Å². The van der Waals surface area contributed by atoms with Crippen LogP contribution in [0.3, 0.4) is 0 Å². The van der Waals surface area contributed by atoms with E-state index in [2.05, 4.69) is 32.2 Å². The molecule has 1 heterocycles. The van der Waals surface area contributed by atoms with Gasteiger partial charge in [-0.3, -0.25) is 0 Å². The largest absolute Gasteiger partial charge is 0.378 e. The summed E-state index contributed by atoms with van der Waals surface area (Å²) in [6.07, 6.45) is 7.62. The van der Waals surface area contributed by atoms with Crippen molar-refractivity contribution in [3.63, 3.8) is 0 Å². The highest BCUT2D eigenvalue weighted by Crippen LogP contribution is 2.19. The zero-order valence-electron chi connectivity index (χ0n) is 11.1. The summed E-state index contributed by atoms with van der Waals surface area (Å²) in [5, 5.41) is 3.46. The van der Waals surface area contributed by atoms with Crippen LogP contribution in [0.15, 0.2) is 11.6 Å². The number of ether oxygens (including phenoxy) is 1. The maximum atomic E-state index is 5.63. The van der Waals surface area contributed by atoms with Gasteiger partial charge in [-0.1, -0.05) is 25.5 Å². The Hall–Kier alpha value is -0.340. The van der Waals surface area contributed by atoms with Crippen molar-refractivity contribution in [1.82, 2.24) is 5.32 Å². The Kier molecular flexibility index (Phi) is 6.74. The van der Waals surface area contributed by atoms with E-state index in [1.54, 1.807) is 0 Å². The fourth-order valence-electron chi connectivity index (χ4n) is 2.06. The zero-order chi connectivity index (χ0) is 11.8. The summed E-state index contributed by atoms with van der Waals surface area (Å²) < 4.78 is 5.63. The Morgan fingerprint density at radius 2 is 2.31 bits per heavy atom. The Bertz CT molecular complexity index is 205. The molecule has 1 atom stereocenters. The quantitative estimate of drug-likeness (QED) is 0.531. The van der Waals surface area contributed by atoms with Crippen LogP contribution in [0, 0.1) is 5.92 Å². The number of rotatable bonds is 7. The van der Waals surface area contributed by atoms with Gasteiger partial charge in [0, 0.05) is 6.61 Å². The first-order chi connectivity index (χ1) is 7.68. The van der Waals surface area contributed by atoms with E-state index in [-0.39, 0.29) is 0 Å². The third kappa shape index (κ3) is 6.29. The van der Waals surface area contributed by atoms with Crippen molar-refractivity contribution in [3.8, 4) is 0 Å². The molecule has 1 N–H and O–H groups in total. The lowest BCUT2D eigenvalue weighted by Crippen LogP contribution is -2.20. The summed E-state index contributed by atoms with van der Waals surface area (Å²) in [5.74, 6) is 0.747. The minimum Gasteiger partial charge on any atom is -0.378 e. The van der Waals surface area contributed by atoms with Gasteiger partial charge in [-0.15, -0.1) is 0 Å². The van der Waals surface area contributed by atoms with Crippen LogP contribution in [0.1, 0.15) is 46.5 Å². The summed E-state index contributed by atoms with van der Waals surface area (Å²) >= 11 is 0.